The minimum atomic E-state index is -0.805. The monoisotopic (exact) mass is 1020 g/mol. The summed E-state index contributed by atoms with van der Waals surface area (Å²) in [5.41, 5.74) is 0. The Kier molecular flexibility index (Phi) is 57.0. The molecule has 0 saturated heterocycles. The minimum absolute atomic E-state index is 0.0994. The van der Waals surface area contributed by atoms with Crippen molar-refractivity contribution in [3.63, 3.8) is 0 Å². The standard InChI is InChI=1S/C68H108O6/c1-4-7-10-13-16-19-21-23-25-27-29-31-32-33-34-35-36-38-39-41-43-45-47-49-52-55-58-61-67(70)73-64-65(63-72-66(69)60-57-54-51-18-15-12-9-6-3)74-68(71)62-59-56-53-50-48-46-44-42-40-37-30-28-26-24-22-20-17-14-11-8-5-2/h7-8,10-11,16-17,19-20,23-26,29-31,33-34,36-38,41,43,47,49,65H,4-6,9,12-15,18,21-22,27-28,32,35,39-40,42,44-46,48,50-64H2,1-3H3/b10-7-,11-8-,19-16-,20-17-,25-23-,26-24-,31-29-,34-33-,37-30-,38-36-,43-41-,49-47-. The van der Waals surface area contributed by atoms with E-state index in [0.717, 1.165) is 135 Å². The summed E-state index contributed by atoms with van der Waals surface area (Å²) in [7, 11) is 0. The van der Waals surface area contributed by atoms with Gasteiger partial charge >= 0.3 is 17.9 Å². The SMILES string of the molecule is CC/C=C\C/C=C\C/C=C\C/C=C\C/C=C\C/C=C\C/C=C\C/C=C\CCCCC(=O)OCC(COC(=O)CCCCCCCCCC)OC(=O)CCCCCCCCCC/C=C\C/C=C\C/C=C\C/C=C\CC. The third kappa shape index (κ3) is 58.2. The molecule has 416 valence electrons. The third-order valence-corrected chi connectivity index (χ3v) is 12.1. The second-order valence-corrected chi connectivity index (χ2v) is 19.1. The third-order valence-electron chi connectivity index (χ3n) is 12.1. The number of carbonyl (C=O) groups excluding carboxylic acids is 3. The van der Waals surface area contributed by atoms with Crippen LogP contribution in [0.15, 0.2) is 146 Å². The molecule has 0 rings (SSSR count). The average Bonchev–Trinajstić information content (AvgIpc) is 3.40. The Labute approximate surface area is 455 Å². The molecule has 6 nitrogen and oxygen atoms in total. The Morgan fingerprint density at radius 2 is 0.527 bits per heavy atom. The average molecular weight is 1020 g/mol. The quantitative estimate of drug-likeness (QED) is 0.0261. The van der Waals surface area contributed by atoms with E-state index >= 15 is 0 Å². The van der Waals surface area contributed by atoms with E-state index in [2.05, 4.69) is 167 Å². The molecule has 0 aromatic rings. The summed E-state index contributed by atoms with van der Waals surface area (Å²) in [5, 5.41) is 0. The van der Waals surface area contributed by atoms with Crippen LogP contribution >= 0.6 is 0 Å². The molecule has 0 bridgehead atoms. The van der Waals surface area contributed by atoms with Crippen LogP contribution in [-0.2, 0) is 28.6 Å². The molecular formula is C68H108O6. The van der Waals surface area contributed by atoms with Gasteiger partial charge in [-0.25, -0.2) is 0 Å². The molecule has 0 N–H and O–H groups in total. The molecule has 0 saturated carbocycles. The Balaban J connectivity index is 4.36. The van der Waals surface area contributed by atoms with Gasteiger partial charge in [-0.3, -0.25) is 14.4 Å². The minimum Gasteiger partial charge on any atom is -0.462 e. The molecule has 0 aromatic carbocycles. The molecule has 74 heavy (non-hydrogen) atoms. The van der Waals surface area contributed by atoms with Gasteiger partial charge in [-0.15, -0.1) is 0 Å². The van der Waals surface area contributed by atoms with Crippen molar-refractivity contribution < 1.29 is 28.6 Å². The highest BCUT2D eigenvalue weighted by atomic mass is 16.6. The topological polar surface area (TPSA) is 78.9 Å². The highest BCUT2D eigenvalue weighted by Gasteiger charge is 2.19. The maximum atomic E-state index is 12.8. The Hall–Kier alpha value is -4.71. The second-order valence-electron chi connectivity index (χ2n) is 19.1. The van der Waals surface area contributed by atoms with Gasteiger partial charge in [0.2, 0.25) is 0 Å². The lowest BCUT2D eigenvalue weighted by molar-refractivity contribution is -0.167. The summed E-state index contributed by atoms with van der Waals surface area (Å²) in [5.74, 6) is -0.963. The van der Waals surface area contributed by atoms with Crippen molar-refractivity contribution >= 4 is 17.9 Å². The van der Waals surface area contributed by atoms with Crippen molar-refractivity contribution in [2.24, 2.45) is 0 Å². The van der Waals surface area contributed by atoms with Crippen LogP contribution in [0.25, 0.3) is 0 Å². The number of hydrogen-bond acceptors (Lipinski definition) is 6. The molecule has 0 aromatic heterocycles. The van der Waals surface area contributed by atoms with Crippen LogP contribution in [0.1, 0.15) is 245 Å². The van der Waals surface area contributed by atoms with E-state index in [1.54, 1.807) is 0 Å². The second kappa shape index (κ2) is 60.8. The molecule has 0 radical (unpaired) electrons. The van der Waals surface area contributed by atoms with Gasteiger partial charge in [-0.1, -0.05) is 250 Å². The van der Waals surface area contributed by atoms with Gasteiger partial charge in [0.15, 0.2) is 6.10 Å². The number of hydrogen-bond donors (Lipinski definition) is 0. The van der Waals surface area contributed by atoms with Gasteiger partial charge < -0.3 is 14.2 Å². The van der Waals surface area contributed by atoms with Crippen molar-refractivity contribution in [3.05, 3.63) is 146 Å². The lowest BCUT2D eigenvalue weighted by atomic mass is 10.1. The predicted octanol–water partition coefficient (Wildman–Crippen LogP) is 20.4. The smallest absolute Gasteiger partial charge is 0.306 e. The summed E-state index contributed by atoms with van der Waals surface area (Å²) in [6, 6.07) is 0. The van der Waals surface area contributed by atoms with E-state index in [0.29, 0.717) is 25.7 Å². The van der Waals surface area contributed by atoms with Crippen LogP contribution in [0.3, 0.4) is 0 Å². The summed E-state index contributed by atoms with van der Waals surface area (Å²) < 4.78 is 16.8. The first-order chi connectivity index (χ1) is 36.5. The van der Waals surface area contributed by atoms with Gasteiger partial charge in [0.05, 0.1) is 0 Å². The Morgan fingerprint density at radius 1 is 0.284 bits per heavy atom. The first-order valence-corrected chi connectivity index (χ1v) is 29.8. The van der Waals surface area contributed by atoms with E-state index in [-0.39, 0.29) is 31.1 Å². The van der Waals surface area contributed by atoms with E-state index in [4.69, 9.17) is 14.2 Å². The van der Waals surface area contributed by atoms with Gasteiger partial charge in [-0.2, -0.15) is 0 Å². The number of esters is 3. The number of unbranched alkanes of at least 4 members (excludes halogenated alkanes) is 17. The first-order valence-electron chi connectivity index (χ1n) is 29.8. The predicted molar refractivity (Wildman–Crippen MR) is 320 cm³/mol. The zero-order valence-electron chi connectivity index (χ0n) is 47.5. The summed E-state index contributed by atoms with van der Waals surface area (Å²) in [6.07, 6.45) is 87.1. The maximum absolute atomic E-state index is 12.8. The molecule has 0 amide bonds. The molecule has 0 aliphatic rings. The molecule has 0 aliphatic heterocycles. The fourth-order valence-corrected chi connectivity index (χ4v) is 7.68. The summed E-state index contributed by atoms with van der Waals surface area (Å²) >= 11 is 0. The van der Waals surface area contributed by atoms with Gasteiger partial charge in [-0.05, 0) is 122 Å². The number of carbonyl (C=O) groups is 3. The Morgan fingerprint density at radius 3 is 0.851 bits per heavy atom. The largest absolute Gasteiger partial charge is 0.462 e. The van der Waals surface area contributed by atoms with Crippen LogP contribution in [-0.4, -0.2) is 37.2 Å². The first kappa shape index (κ1) is 69.3. The van der Waals surface area contributed by atoms with Crippen LogP contribution in [0, 0.1) is 0 Å². The molecule has 6 heteroatoms. The fourth-order valence-electron chi connectivity index (χ4n) is 7.68. The number of allylic oxidation sites excluding steroid dienone is 24. The zero-order chi connectivity index (χ0) is 53.6. The molecule has 1 unspecified atom stereocenters. The van der Waals surface area contributed by atoms with Crippen molar-refractivity contribution in [3.8, 4) is 0 Å². The van der Waals surface area contributed by atoms with Crippen LogP contribution in [0.2, 0.25) is 0 Å². The van der Waals surface area contributed by atoms with Crippen LogP contribution < -0.4 is 0 Å². The fraction of sp³-hybridized carbons (Fsp3) is 0.603. The molecule has 1 atom stereocenters. The molecule has 0 spiro atoms. The van der Waals surface area contributed by atoms with Crippen molar-refractivity contribution in [2.45, 2.75) is 252 Å². The lowest BCUT2D eigenvalue weighted by Gasteiger charge is -2.18. The number of ether oxygens (including phenoxy) is 3. The van der Waals surface area contributed by atoms with Gasteiger partial charge in [0.1, 0.15) is 13.2 Å². The highest BCUT2D eigenvalue weighted by molar-refractivity contribution is 5.71. The number of rotatable bonds is 52. The normalized spacial score (nSPS) is 13.2. The van der Waals surface area contributed by atoms with Crippen LogP contribution in [0.4, 0.5) is 0 Å². The molecular weight excluding hydrogens is 913 g/mol. The zero-order valence-corrected chi connectivity index (χ0v) is 47.5. The Bertz CT molecular complexity index is 1640. The lowest BCUT2D eigenvalue weighted by Crippen LogP contribution is -2.30. The highest BCUT2D eigenvalue weighted by Crippen LogP contribution is 2.14. The van der Waals surface area contributed by atoms with Crippen molar-refractivity contribution in [1.29, 1.82) is 0 Å². The van der Waals surface area contributed by atoms with E-state index < -0.39 is 6.10 Å². The summed E-state index contributed by atoms with van der Waals surface area (Å²) in [6.45, 7) is 6.33. The maximum Gasteiger partial charge on any atom is 0.306 e. The molecule has 0 aliphatic carbocycles. The van der Waals surface area contributed by atoms with Crippen molar-refractivity contribution in [1.82, 2.24) is 0 Å². The van der Waals surface area contributed by atoms with E-state index in [1.165, 1.54) is 64.2 Å². The van der Waals surface area contributed by atoms with Crippen molar-refractivity contribution in [2.75, 3.05) is 13.2 Å². The molecule has 0 fully saturated rings. The van der Waals surface area contributed by atoms with Gasteiger partial charge in [0.25, 0.3) is 0 Å². The van der Waals surface area contributed by atoms with E-state index in [9.17, 15) is 14.4 Å². The van der Waals surface area contributed by atoms with Gasteiger partial charge in [0, 0.05) is 19.3 Å². The molecule has 0 heterocycles. The summed E-state index contributed by atoms with van der Waals surface area (Å²) in [4.78, 5) is 38.1. The van der Waals surface area contributed by atoms with Crippen LogP contribution in [0.5, 0.6) is 0 Å². The van der Waals surface area contributed by atoms with E-state index in [1.807, 2.05) is 0 Å².